The minimum Gasteiger partial charge on any atom is -0.369 e. The van der Waals surface area contributed by atoms with E-state index in [9.17, 15) is 23.2 Å². The first kappa shape index (κ1) is 25.6. The number of alkyl halides is 3. The molecule has 1 aliphatic carbocycles. The number of anilines is 2. The number of amides is 1. The molecule has 2 heterocycles. The van der Waals surface area contributed by atoms with Gasteiger partial charge in [0.1, 0.15) is 6.33 Å². The van der Waals surface area contributed by atoms with Gasteiger partial charge in [-0.05, 0) is 43.4 Å². The van der Waals surface area contributed by atoms with Crippen LogP contribution in [0.2, 0.25) is 0 Å². The molecular formula is C24H27F4N7O. The van der Waals surface area contributed by atoms with Crippen molar-refractivity contribution in [1.29, 1.82) is 5.26 Å². The first-order valence-electron chi connectivity index (χ1n) is 11.7. The van der Waals surface area contributed by atoms with Gasteiger partial charge >= 0.3 is 6.18 Å². The van der Waals surface area contributed by atoms with Gasteiger partial charge in [0.2, 0.25) is 11.7 Å². The maximum Gasteiger partial charge on any atom is 0.416 e. The van der Waals surface area contributed by atoms with E-state index in [1.807, 2.05) is 4.90 Å². The van der Waals surface area contributed by atoms with Crippen LogP contribution >= 0.6 is 0 Å². The third-order valence-corrected chi connectivity index (χ3v) is 6.69. The van der Waals surface area contributed by atoms with Crippen molar-refractivity contribution in [3.8, 4) is 6.07 Å². The fraction of sp³-hybridized carbons (Fsp3) is 0.500. The molecular weight excluding hydrogens is 478 g/mol. The highest BCUT2D eigenvalue weighted by atomic mass is 19.4. The van der Waals surface area contributed by atoms with Gasteiger partial charge in [0.05, 0.1) is 23.6 Å². The lowest BCUT2D eigenvalue weighted by molar-refractivity contribution is -0.137. The molecule has 1 saturated carbocycles. The Kier molecular flexibility index (Phi) is 7.31. The maximum atomic E-state index is 15.5. The first-order valence-corrected chi connectivity index (χ1v) is 11.7. The summed E-state index contributed by atoms with van der Waals surface area (Å²) in [6, 6.07) is 7.17. The van der Waals surface area contributed by atoms with E-state index in [2.05, 4.69) is 21.4 Å². The normalized spacial score (nSPS) is 17.9. The van der Waals surface area contributed by atoms with Crippen LogP contribution in [-0.2, 0) is 17.5 Å². The molecule has 2 aromatic rings. The maximum absolute atomic E-state index is 15.5. The Labute approximate surface area is 206 Å². The number of nitriles is 1. The van der Waals surface area contributed by atoms with E-state index < -0.39 is 28.9 Å². The van der Waals surface area contributed by atoms with Gasteiger partial charge in [-0.3, -0.25) is 9.69 Å². The molecule has 0 bridgehead atoms. The van der Waals surface area contributed by atoms with Crippen molar-refractivity contribution < 1.29 is 22.4 Å². The second kappa shape index (κ2) is 10.3. The van der Waals surface area contributed by atoms with E-state index in [0.29, 0.717) is 31.5 Å². The summed E-state index contributed by atoms with van der Waals surface area (Å²) in [7, 11) is 0. The highest BCUT2D eigenvalue weighted by Crippen LogP contribution is 2.36. The zero-order valence-corrected chi connectivity index (χ0v) is 19.6. The Balaban J connectivity index is 1.46. The lowest BCUT2D eigenvalue weighted by Crippen LogP contribution is -2.45. The predicted octanol–water partition coefficient (Wildman–Crippen LogP) is 3.31. The van der Waals surface area contributed by atoms with Crippen LogP contribution in [0.25, 0.3) is 0 Å². The average molecular weight is 506 g/mol. The third kappa shape index (κ3) is 6.02. The smallest absolute Gasteiger partial charge is 0.369 e. The number of hydrogen-bond acceptors (Lipinski definition) is 7. The molecule has 1 aliphatic heterocycles. The predicted molar refractivity (Wildman–Crippen MR) is 124 cm³/mol. The first-order chi connectivity index (χ1) is 17.1. The molecule has 192 valence electrons. The molecule has 12 heteroatoms. The van der Waals surface area contributed by atoms with Gasteiger partial charge in [-0.1, -0.05) is 12.1 Å². The van der Waals surface area contributed by atoms with Gasteiger partial charge in [-0.15, -0.1) is 0 Å². The summed E-state index contributed by atoms with van der Waals surface area (Å²) in [4.78, 5) is 22.9. The molecule has 1 amide bonds. The van der Waals surface area contributed by atoms with Crippen LogP contribution in [0.3, 0.4) is 0 Å². The number of likely N-dealkylation sites (tertiary alicyclic amines) is 1. The summed E-state index contributed by atoms with van der Waals surface area (Å²) in [6.07, 6.45) is -0.556. The summed E-state index contributed by atoms with van der Waals surface area (Å²) < 4.78 is 54.2. The number of piperidine rings is 1. The molecule has 0 atom stereocenters. The molecule has 1 aromatic heterocycles. The van der Waals surface area contributed by atoms with E-state index >= 15 is 4.39 Å². The Hall–Kier alpha value is -3.46. The number of rotatable bonds is 9. The average Bonchev–Trinajstić information content (AvgIpc) is 3.68. The van der Waals surface area contributed by atoms with Gasteiger partial charge in [-0.25, -0.2) is 9.97 Å². The van der Waals surface area contributed by atoms with Gasteiger partial charge < -0.3 is 16.0 Å². The third-order valence-electron chi connectivity index (χ3n) is 6.69. The molecule has 0 unspecified atom stereocenters. The summed E-state index contributed by atoms with van der Waals surface area (Å²) in [5.74, 6) is -1.07. The highest BCUT2D eigenvalue weighted by Gasteiger charge is 2.37. The molecule has 8 nitrogen and oxygen atoms in total. The topological polar surface area (TPSA) is 111 Å². The number of nitrogens with two attached hydrogens (primary N) is 1. The van der Waals surface area contributed by atoms with E-state index in [1.165, 1.54) is 18.5 Å². The lowest BCUT2D eigenvalue weighted by atomic mass is 9.79. The van der Waals surface area contributed by atoms with Gasteiger partial charge in [0.15, 0.2) is 11.6 Å². The summed E-state index contributed by atoms with van der Waals surface area (Å²) in [5.41, 5.74) is 4.37. The standard InChI is InChI=1S/C24H27F4N7O/c25-20-21(31-14-23(13-29)7-9-34(10-8-23)12-19(30)36)32-15-33-22(20)35(18-5-6-18)11-16-1-3-17(4-2-16)24(26,27)28/h1-4,15,18H,5-12,14H2,(H2,30,36)(H,31,32,33). The number of primary amides is 1. The van der Waals surface area contributed by atoms with E-state index in [0.717, 1.165) is 25.0 Å². The highest BCUT2D eigenvalue weighted by molar-refractivity contribution is 5.75. The molecule has 36 heavy (non-hydrogen) atoms. The molecule has 3 N–H and O–H groups in total. The summed E-state index contributed by atoms with van der Waals surface area (Å²) in [5, 5.41) is 12.8. The number of nitrogens with one attached hydrogen (secondary N) is 1. The summed E-state index contributed by atoms with van der Waals surface area (Å²) >= 11 is 0. The number of hydrogen-bond donors (Lipinski definition) is 2. The van der Waals surface area contributed by atoms with Crippen molar-refractivity contribution in [3.63, 3.8) is 0 Å². The van der Waals surface area contributed by atoms with Crippen molar-refractivity contribution in [2.24, 2.45) is 11.1 Å². The van der Waals surface area contributed by atoms with Crippen LogP contribution in [-0.4, -0.2) is 53.0 Å². The minimum atomic E-state index is -4.42. The van der Waals surface area contributed by atoms with E-state index in [4.69, 9.17) is 5.73 Å². The Bertz CT molecular complexity index is 1120. The molecule has 4 rings (SSSR count). The Morgan fingerprint density at radius 2 is 1.89 bits per heavy atom. The van der Waals surface area contributed by atoms with Crippen molar-refractivity contribution in [1.82, 2.24) is 14.9 Å². The Morgan fingerprint density at radius 3 is 2.44 bits per heavy atom. The van der Waals surface area contributed by atoms with E-state index in [-0.39, 0.29) is 37.3 Å². The zero-order valence-electron chi connectivity index (χ0n) is 19.6. The largest absolute Gasteiger partial charge is 0.416 e. The fourth-order valence-corrected chi connectivity index (χ4v) is 4.38. The van der Waals surface area contributed by atoms with Crippen molar-refractivity contribution >= 4 is 17.5 Å². The zero-order chi connectivity index (χ0) is 25.9. The number of halogens is 4. The number of carbonyl (C=O) groups is 1. The number of nitrogens with zero attached hydrogens (tertiary/aromatic N) is 5. The summed E-state index contributed by atoms with van der Waals surface area (Å²) in [6.45, 7) is 1.56. The van der Waals surface area contributed by atoms with Crippen LogP contribution in [0.4, 0.5) is 29.2 Å². The number of carbonyl (C=O) groups excluding carboxylic acids is 1. The molecule has 0 radical (unpaired) electrons. The van der Waals surface area contributed by atoms with Crippen LogP contribution < -0.4 is 16.0 Å². The number of benzene rings is 1. The second-order valence-corrected chi connectivity index (χ2v) is 9.40. The molecule has 1 aromatic carbocycles. The van der Waals surface area contributed by atoms with Crippen molar-refractivity contribution in [3.05, 3.63) is 47.5 Å². The van der Waals surface area contributed by atoms with Crippen LogP contribution in [0, 0.1) is 22.6 Å². The van der Waals surface area contributed by atoms with Crippen LogP contribution in [0.15, 0.2) is 30.6 Å². The Morgan fingerprint density at radius 1 is 1.22 bits per heavy atom. The molecule has 2 fully saturated rings. The SMILES string of the molecule is N#CC1(CNc2ncnc(N(Cc3ccc(C(F)(F)F)cc3)C3CC3)c2F)CCN(CC(N)=O)CC1. The molecule has 2 aliphatic rings. The molecule has 1 saturated heterocycles. The monoisotopic (exact) mass is 505 g/mol. The van der Waals surface area contributed by atoms with Gasteiger partial charge in [0, 0.05) is 32.2 Å². The van der Waals surface area contributed by atoms with Crippen molar-refractivity contribution in [2.75, 3.05) is 36.4 Å². The quantitative estimate of drug-likeness (QED) is 0.503. The van der Waals surface area contributed by atoms with Gasteiger partial charge in [-0.2, -0.15) is 22.8 Å². The van der Waals surface area contributed by atoms with E-state index in [1.54, 1.807) is 4.90 Å². The van der Waals surface area contributed by atoms with Crippen molar-refractivity contribution in [2.45, 2.75) is 44.4 Å². The second-order valence-electron chi connectivity index (χ2n) is 9.40. The van der Waals surface area contributed by atoms with Gasteiger partial charge in [0.25, 0.3) is 0 Å². The number of aromatic nitrogens is 2. The van der Waals surface area contributed by atoms with Crippen LogP contribution in [0.5, 0.6) is 0 Å². The lowest BCUT2D eigenvalue weighted by Gasteiger charge is -2.36. The minimum absolute atomic E-state index is 0.0320. The van der Waals surface area contributed by atoms with Crippen LogP contribution in [0.1, 0.15) is 36.8 Å². The molecule has 0 spiro atoms. The fourth-order valence-electron chi connectivity index (χ4n) is 4.38.